The molecule has 47 heavy (non-hydrogen) atoms. The molecule has 0 unspecified atom stereocenters. The molecule has 3 heterocycles. The molecule has 0 fully saturated rings. The van der Waals surface area contributed by atoms with Crippen LogP contribution in [0.4, 0.5) is 0 Å². The number of hydrogen-bond acceptors (Lipinski definition) is 1. The first-order valence-corrected chi connectivity index (χ1v) is 16.1. The van der Waals surface area contributed by atoms with E-state index in [9.17, 15) is 0 Å². The lowest BCUT2D eigenvalue weighted by Crippen LogP contribution is -2.03. The summed E-state index contributed by atoms with van der Waals surface area (Å²) in [6, 6.07) is 57.2. The first kappa shape index (κ1) is 24.9. The standard InChI is InChI=1S/C44H26N2O/c1-3-11-38-34(8-1)35-9-2-4-12-39(35)45(38)31-20-22-33-30(25-31)17-16-29-24-27(18-21-32(29)33)28-19-23-40-37(26-28)36-10-7-15-43-44(36)46(40)41-13-5-6-14-42(41)47-43/h1-26H. The van der Waals surface area contributed by atoms with Crippen LogP contribution in [0, 0.1) is 0 Å². The molecule has 2 aromatic heterocycles. The van der Waals surface area contributed by atoms with E-state index in [0.717, 1.165) is 22.7 Å². The van der Waals surface area contributed by atoms with Crippen LogP contribution in [-0.4, -0.2) is 9.13 Å². The molecule has 0 amide bonds. The topological polar surface area (TPSA) is 19.1 Å². The number of aromatic nitrogens is 2. The Morgan fingerprint density at radius 3 is 1.81 bits per heavy atom. The maximum Gasteiger partial charge on any atom is 0.152 e. The van der Waals surface area contributed by atoms with Gasteiger partial charge < -0.3 is 13.9 Å². The summed E-state index contributed by atoms with van der Waals surface area (Å²) in [5.74, 6) is 1.79. The van der Waals surface area contributed by atoms with Crippen LogP contribution in [0.1, 0.15) is 0 Å². The summed E-state index contributed by atoms with van der Waals surface area (Å²) in [5.41, 5.74) is 9.46. The van der Waals surface area contributed by atoms with Gasteiger partial charge in [-0.15, -0.1) is 0 Å². The summed E-state index contributed by atoms with van der Waals surface area (Å²) < 4.78 is 11.1. The predicted molar refractivity (Wildman–Crippen MR) is 196 cm³/mol. The molecule has 0 N–H and O–H groups in total. The molecule has 10 aromatic rings. The zero-order valence-electron chi connectivity index (χ0n) is 25.3. The van der Waals surface area contributed by atoms with E-state index in [0.29, 0.717) is 0 Å². The minimum Gasteiger partial charge on any atom is -0.453 e. The minimum atomic E-state index is 0.887. The number of hydrogen-bond donors (Lipinski definition) is 0. The average molecular weight is 599 g/mol. The quantitative estimate of drug-likeness (QED) is 0.181. The summed E-state index contributed by atoms with van der Waals surface area (Å²) in [6.07, 6.45) is 0. The highest BCUT2D eigenvalue weighted by Gasteiger charge is 2.23. The fraction of sp³-hybridized carbons (Fsp3) is 0. The van der Waals surface area contributed by atoms with E-state index in [1.165, 1.54) is 76.5 Å². The fourth-order valence-electron chi connectivity index (χ4n) is 7.97. The SMILES string of the molecule is c1ccc2c(c1)Oc1cccc3c4cc(-c5ccc6c(ccc7cc(-n8c9ccccc9c9ccccc98)ccc76)c5)ccc4n-2c13. The van der Waals surface area contributed by atoms with Gasteiger partial charge >= 0.3 is 0 Å². The molecule has 218 valence electrons. The number of rotatable bonds is 2. The number of fused-ring (bicyclic) bond motifs is 11. The highest BCUT2D eigenvalue weighted by atomic mass is 16.5. The van der Waals surface area contributed by atoms with Crippen molar-refractivity contribution < 1.29 is 4.74 Å². The van der Waals surface area contributed by atoms with E-state index >= 15 is 0 Å². The Bertz CT molecular complexity index is 2890. The van der Waals surface area contributed by atoms with Crippen LogP contribution >= 0.6 is 0 Å². The Morgan fingerprint density at radius 1 is 0.362 bits per heavy atom. The third-order valence-corrected chi connectivity index (χ3v) is 10.1. The molecule has 3 nitrogen and oxygen atoms in total. The zero-order chi connectivity index (χ0) is 30.6. The summed E-state index contributed by atoms with van der Waals surface area (Å²) in [6.45, 7) is 0. The van der Waals surface area contributed by atoms with Gasteiger partial charge in [0.25, 0.3) is 0 Å². The van der Waals surface area contributed by atoms with E-state index in [1.807, 2.05) is 12.1 Å². The summed E-state index contributed by atoms with van der Waals surface area (Å²) in [5, 5.41) is 10.0. The second kappa shape index (κ2) is 9.12. The third-order valence-electron chi connectivity index (χ3n) is 10.1. The average Bonchev–Trinajstić information content (AvgIpc) is 3.65. The van der Waals surface area contributed by atoms with Crippen molar-refractivity contribution in [1.29, 1.82) is 0 Å². The van der Waals surface area contributed by atoms with Crippen LogP contribution in [0.5, 0.6) is 11.5 Å². The Labute approximate surface area is 270 Å². The lowest BCUT2D eigenvalue weighted by Gasteiger charge is -2.20. The largest absolute Gasteiger partial charge is 0.453 e. The first-order chi connectivity index (χ1) is 23.3. The highest BCUT2D eigenvalue weighted by molar-refractivity contribution is 6.14. The Balaban J connectivity index is 1.05. The van der Waals surface area contributed by atoms with E-state index < -0.39 is 0 Å². The molecule has 0 bridgehead atoms. The molecular weight excluding hydrogens is 572 g/mol. The minimum absolute atomic E-state index is 0.887. The molecule has 3 heteroatoms. The molecular formula is C44H26N2O. The van der Waals surface area contributed by atoms with Crippen LogP contribution in [0.25, 0.3) is 87.7 Å². The maximum absolute atomic E-state index is 6.32. The van der Waals surface area contributed by atoms with Gasteiger partial charge in [-0.25, -0.2) is 0 Å². The van der Waals surface area contributed by atoms with Crippen molar-refractivity contribution in [3.05, 3.63) is 158 Å². The van der Waals surface area contributed by atoms with Gasteiger partial charge in [-0.05, 0) is 93.3 Å². The maximum atomic E-state index is 6.32. The second-order valence-corrected chi connectivity index (χ2v) is 12.6. The van der Waals surface area contributed by atoms with Crippen LogP contribution in [0.3, 0.4) is 0 Å². The molecule has 0 spiro atoms. The van der Waals surface area contributed by atoms with E-state index in [4.69, 9.17) is 4.74 Å². The number of benzene rings is 8. The molecule has 1 aliphatic heterocycles. The smallest absolute Gasteiger partial charge is 0.152 e. The molecule has 0 saturated carbocycles. The normalized spacial score (nSPS) is 12.4. The predicted octanol–water partition coefficient (Wildman–Crippen LogP) is 12.0. The van der Waals surface area contributed by atoms with E-state index in [1.54, 1.807) is 0 Å². The van der Waals surface area contributed by atoms with Crippen molar-refractivity contribution in [2.75, 3.05) is 0 Å². The number of para-hydroxylation sites is 5. The highest BCUT2D eigenvalue weighted by Crippen LogP contribution is 2.46. The number of nitrogens with zero attached hydrogens (tertiary/aromatic N) is 2. The lowest BCUT2D eigenvalue weighted by atomic mass is 9.96. The van der Waals surface area contributed by atoms with Gasteiger partial charge in [0.05, 0.1) is 27.8 Å². The zero-order valence-corrected chi connectivity index (χ0v) is 25.3. The van der Waals surface area contributed by atoms with E-state index in [2.05, 4.69) is 155 Å². The van der Waals surface area contributed by atoms with Crippen LogP contribution < -0.4 is 4.74 Å². The van der Waals surface area contributed by atoms with Gasteiger partial charge in [-0.3, -0.25) is 0 Å². The molecule has 0 aliphatic carbocycles. The van der Waals surface area contributed by atoms with Crippen molar-refractivity contribution in [2.24, 2.45) is 0 Å². The van der Waals surface area contributed by atoms with Crippen molar-refractivity contribution >= 4 is 65.2 Å². The fourth-order valence-corrected chi connectivity index (χ4v) is 7.97. The van der Waals surface area contributed by atoms with Gasteiger partial charge in [0.2, 0.25) is 0 Å². The van der Waals surface area contributed by atoms with Gasteiger partial charge in [-0.1, -0.05) is 97.1 Å². The van der Waals surface area contributed by atoms with Crippen LogP contribution in [-0.2, 0) is 0 Å². The van der Waals surface area contributed by atoms with Crippen molar-refractivity contribution in [3.63, 3.8) is 0 Å². The summed E-state index contributed by atoms with van der Waals surface area (Å²) in [4.78, 5) is 0. The lowest BCUT2D eigenvalue weighted by molar-refractivity contribution is 0.476. The third kappa shape index (κ3) is 3.40. The van der Waals surface area contributed by atoms with Crippen molar-refractivity contribution in [2.45, 2.75) is 0 Å². The van der Waals surface area contributed by atoms with Gasteiger partial charge in [-0.2, -0.15) is 0 Å². The number of ether oxygens (including phenoxy) is 1. The molecule has 11 rings (SSSR count). The first-order valence-electron chi connectivity index (χ1n) is 16.1. The molecule has 1 aliphatic rings. The molecule has 8 aromatic carbocycles. The molecule has 0 saturated heterocycles. The van der Waals surface area contributed by atoms with Crippen LogP contribution in [0.15, 0.2) is 158 Å². The Kier molecular flexibility index (Phi) is 4.84. The van der Waals surface area contributed by atoms with Crippen molar-refractivity contribution in [1.82, 2.24) is 9.13 Å². The van der Waals surface area contributed by atoms with Gasteiger partial charge in [0.1, 0.15) is 0 Å². The monoisotopic (exact) mass is 598 g/mol. The summed E-state index contributed by atoms with van der Waals surface area (Å²) in [7, 11) is 0. The van der Waals surface area contributed by atoms with Crippen molar-refractivity contribution in [3.8, 4) is 34.0 Å². The van der Waals surface area contributed by atoms with Crippen LogP contribution in [0.2, 0.25) is 0 Å². The molecule has 0 atom stereocenters. The second-order valence-electron chi connectivity index (χ2n) is 12.6. The molecule has 0 radical (unpaired) electrons. The summed E-state index contributed by atoms with van der Waals surface area (Å²) >= 11 is 0. The van der Waals surface area contributed by atoms with Gasteiger partial charge in [0, 0.05) is 27.2 Å². The Hall–Kier alpha value is -6.32. The van der Waals surface area contributed by atoms with Gasteiger partial charge in [0.15, 0.2) is 11.5 Å². The van der Waals surface area contributed by atoms with E-state index in [-0.39, 0.29) is 0 Å². The Morgan fingerprint density at radius 2 is 0.979 bits per heavy atom.